The van der Waals surface area contributed by atoms with Crippen molar-refractivity contribution in [1.29, 1.82) is 0 Å². The number of hydrogen-bond donors (Lipinski definition) is 3. The summed E-state index contributed by atoms with van der Waals surface area (Å²) in [5.74, 6) is 1.60. The van der Waals surface area contributed by atoms with E-state index in [4.69, 9.17) is 0 Å². The minimum Gasteiger partial charge on any atom is -0.386 e. The van der Waals surface area contributed by atoms with Gasteiger partial charge >= 0.3 is 0 Å². The summed E-state index contributed by atoms with van der Waals surface area (Å²) in [6.07, 6.45) is 4.83. The predicted octanol–water partition coefficient (Wildman–Crippen LogP) is 3.92. The Morgan fingerprint density at radius 2 is 1.80 bits per heavy atom. The highest BCUT2D eigenvalue weighted by molar-refractivity contribution is 5.85. The van der Waals surface area contributed by atoms with Gasteiger partial charge in [0.1, 0.15) is 23.3 Å². The van der Waals surface area contributed by atoms with Gasteiger partial charge in [-0.1, -0.05) is 12.1 Å². The summed E-state index contributed by atoms with van der Waals surface area (Å²) in [5.41, 5.74) is 1.21. The Hall–Kier alpha value is -2.97. The fourth-order valence-electron chi connectivity index (χ4n) is 3.35. The number of aromatic nitrogens is 3. The number of rotatable bonds is 6. The lowest BCUT2D eigenvalue weighted by atomic mass is 9.96. The highest BCUT2D eigenvalue weighted by Gasteiger charge is 2.36. The van der Waals surface area contributed by atoms with Gasteiger partial charge in [-0.05, 0) is 31.5 Å². The summed E-state index contributed by atoms with van der Waals surface area (Å²) < 4.78 is 13.2. The summed E-state index contributed by atoms with van der Waals surface area (Å²) >= 11 is 0. The Balaban J connectivity index is 0.00000256. The average molecular weight is 431 g/mol. The minimum atomic E-state index is -0.684. The first-order chi connectivity index (χ1) is 13.9. The third-order valence-electron chi connectivity index (χ3n) is 4.79. The van der Waals surface area contributed by atoms with E-state index in [1.54, 1.807) is 30.7 Å². The van der Waals surface area contributed by atoms with Gasteiger partial charge in [0.15, 0.2) is 0 Å². The quantitative estimate of drug-likeness (QED) is 0.546. The van der Waals surface area contributed by atoms with Crippen LogP contribution in [-0.2, 0) is 0 Å². The van der Waals surface area contributed by atoms with E-state index in [0.29, 0.717) is 30.5 Å². The van der Waals surface area contributed by atoms with Crippen LogP contribution in [0.5, 0.6) is 0 Å². The van der Waals surface area contributed by atoms with Gasteiger partial charge < -0.3 is 20.6 Å². The molecule has 0 spiro atoms. The minimum absolute atomic E-state index is 0. The maximum atomic E-state index is 13.2. The molecule has 1 aliphatic rings. The zero-order chi connectivity index (χ0) is 20.4. The maximum Gasteiger partial charge on any atom is 0.150 e. The van der Waals surface area contributed by atoms with Crippen LogP contribution in [0.4, 0.5) is 27.5 Å². The number of nitrogens with zero attached hydrogens (tertiary/aromatic N) is 4. The SMILES string of the molecule is C[C@H](Nc1cc(N2CC(C)(O)C2)cc(Nc2cnccn2)n1)c1ccc(F)cc1.Cl. The Morgan fingerprint density at radius 3 is 2.43 bits per heavy atom. The Kier molecular flexibility index (Phi) is 6.38. The lowest BCUT2D eigenvalue weighted by molar-refractivity contribution is 0.0310. The van der Waals surface area contributed by atoms with Crippen LogP contribution in [0, 0.1) is 5.82 Å². The number of hydrogen-bond acceptors (Lipinski definition) is 7. The predicted molar refractivity (Wildman–Crippen MR) is 118 cm³/mol. The van der Waals surface area contributed by atoms with Crippen molar-refractivity contribution < 1.29 is 9.50 Å². The molecule has 1 fully saturated rings. The van der Waals surface area contributed by atoms with Gasteiger partial charge in [-0.2, -0.15) is 0 Å². The van der Waals surface area contributed by atoms with E-state index >= 15 is 0 Å². The lowest BCUT2D eigenvalue weighted by Gasteiger charge is -2.45. The third kappa shape index (κ3) is 5.14. The smallest absolute Gasteiger partial charge is 0.150 e. The maximum absolute atomic E-state index is 13.2. The number of anilines is 4. The molecule has 30 heavy (non-hydrogen) atoms. The molecule has 1 atom stereocenters. The number of β-amino-alcohol motifs (C(OH)–C–C–N with tert-alkyl or cyclic N) is 1. The Bertz CT molecular complexity index is 979. The summed E-state index contributed by atoms with van der Waals surface area (Å²) in [5, 5.41) is 16.6. The second-order valence-corrected chi connectivity index (χ2v) is 7.58. The van der Waals surface area contributed by atoms with Crippen molar-refractivity contribution in [2.45, 2.75) is 25.5 Å². The molecule has 0 unspecified atom stereocenters. The van der Waals surface area contributed by atoms with Gasteiger partial charge in [-0.25, -0.2) is 14.4 Å². The lowest BCUT2D eigenvalue weighted by Crippen LogP contribution is -2.60. The zero-order valence-electron chi connectivity index (χ0n) is 16.7. The Morgan fingerprint density at radius 1 is 1.10 bits per heavy atom. The second kappa shape index (κ2) is 8.81. The van der Waals surface area contributed by atoms with Crippen LogP contribution in [0.2, 0.25) is 0 Å². The molecular weight excluding hydrogens is 407 g/mol. The molecule has 4 rings (SSSR count). The first-order valence-corrected chi connectivity index (χ1v) is 9.42. The van der Waals surface area contributed by atoms with Gasteiger partial charge in [0.05, 0.1) is 11.8 Å². The highest BCUT2D eigenvalue weighted by atomic mass is 35.5. The number of nitrogens with one attached hydrogen (secondary N) is 2. The fraction of sp³-hybridized carbons (Fsp3) is 0.286. The van der Waals surface area contributed by atoms with Crippen LogP contribution in [0.1, 0.15) is 25.5 Å². The van der Waals surface area contributed by atoms with Crippen LogP contribution in [-0.4, -0.2) is 38.7 Å². The van der Waals surface area contributed by atoms with Crippen molar-refractivity contribution >= 4 is 35.5 Å². The largest absolute Gasteiger partial charge is 0.386 e. The molecule has 7 nitrogen and oxygen atoms in total. The summed E-state index contributed by atoms with van der Waals surface area (Å²) in [6.45, 7) is 4.91. The van der Waals surface area contributed by atoms with Crippen molar-refractivity contribution in [3.63, 3.8) is 0 Å². The molecule has 3 aromatic rings. The number of benzene rings is 1. The number of pyridine rings is 1. The van der Waals surface area contributed by atoms with Crippen molar-refractivity contribution in [3.05, 3.63) is 66.4 Å². The molecule has 0 aliphatic carbocycles. The number of aliphatic hydroxyl groups is 1. The second-order valence-electron chi connectivity index (χ2n) is 7.58. The monoisotopic (exact) mass is 430 g/mol. The van der Waals surface area contributed by atoms with Crippen LogP contribution >= 0.6 is 12.4 Å². The molecule has 0 bridgehead atoms. The van der Waals surface area contributed by atoms with E-state index in [2.05, 4.69) is 30.5 Å². The van der Waals surface area contributed by atoms with Crippen molar-refractivity contribution in [2.24, 2.45) is 0 Å². The molecule has 1 aliphatic heterocycles. The zero-order valence-corrected chi connectivity index (χ0v) is 17.5. The van der Waals surface area contributed by atoms with Crippen LogP contribution in [0.25, 0.3) is 0 Å². The fourth-order valence-corrected chi connectivity index (χ4v) is 3.35. The van der Waals surface area contributed by atoms with Gasteiger partial charge in [0, 0.05) is 49.3 Å². The van der Waals surface area contributed by atoms with E-state index in [9.17, 15) is 9.50 Å². The molecule has 3 N–H and O–H groups in total. The van der Waals surface area contributed by atoms with Crippen molar-refractivity contribution in [3.8, 4) is 0 Å². The standard InChI is InChI=1S/C21H23FN6O.ClH/c1-14(15-3-5-16(22)6-4-15)25-18-9-17(28-12-21(2,29)13-28)10-19(26-18)27-20-11-23-7-8-24-20;/h3-11,14,29H,12-13H2,1-2H3,(H2,24,25,26,27);1H/t14-;/m0./s1. The highest BCUT2D eigenvalue weighted by Crippen LogP contribution is 2.32. The van der Waals surface area contributed by atoms with Crippen molar-refractivity contribution in [1.82, 2.24) is 15.0 Å². The topological polar surface area (TPSA) is 86.2 Å². The molecule has 0 saturated carbocycles. The molecule has 1 saturated heterocycles. The average Bonchev–Trinajstić information content (AvgIpc) is 2.67. The summed E-state index contributed by atoms with van der Waals surface area (Å²) in [4.78, 5) is 15.0. The molecule has 158 valence electrons. The molecule has 3 heterocycles. The number of halogens is 2. The van der Waals surface area contributed by atoms with E-state index in [0.717, 1.165) is 11.3 Å². The van der Waals surface area contributed by atoms with E-state index in [1.807, 2.05) is 26.0 Å². The van der Waals surface area contributed by atoms with Gasteiger partial charge in [0.25, 0.3) is 0 Å². The van der Waals surface area contributed by atoms with E-state index in [-0.39, 0.29) is 24.3 Å². The van der Waals surface area contributed by atoms with Crippen LogP contribution < -0.4 is 15.5 Å². The van der Waals surface area contributed by atoms with Gasteiger partial charge in [-0.15, -0.1) is 12.4 Å². The molecule has 2 aromatic heterocycles. The van der Waals surface area contributed by atoms with Gasteiger partial charge in [-0.3, -0.25) is 4.98 Å². The van der Waals surface area contributed by atoms with Crippen LogP contribution in [0.3, 0.4) is 0 Å². The molecular formula is C21H24ClFN6O. The normalized spacial score (nSPS) is 15.5. The summed E-state index contributed by atoms with van der Waals surface area (Å²) in [7, 11) is 0. The molecule has 0 amide bonds. The van der Waals surface area contributed by atoms with Crippen molar-refractivity contribution in [2.75, 3.05) is 28.6 Å². The molecule has 9 heteroatoms. The first-order valence-electron chi connectivity index (χ1n) is 9.42. The molecule has 0 radical (unpaired) electrons. The first kappa shape index (κ1) is 21.7. The van der Waals surface area contributed by atoms with E-state index in [1.165, 1.54) is 12.1 Å². The summed E-state index contributed by atoms with van der Waals surface area (Å²) in [6, 6.07) is 10.2. The Labute approximate surface area is 180 Å². The van der Waals surface area contributed by atoms with Gasteiger partial charge in [0.2, 0.25) is 0 Å². The molecule has 1 aromatic carbocycles. The van der Waals surface area contributed by atoms with E-state index < -0.39 is 5.60 Å². The van der Waals surface area contributed by atoms with Crippen LogP contribution in [0.15, 0.2) is 55.0 Å². The third-order valence-corrected chi connectivity index (χ3v) is 4.79.